The molecule has 0 saturated heterocycles. The lowest BCUT2D eigenvalue weighted by molar-refractivity contribution is -0.120. The summed E-state index contributed by atoms with van der Waals surface area (Å²) in [5.74, 6) is 4.03. The number of hydrogen-bond donors (Lipinski definition) is 5. The second-order valence-corrected chi connectivity index (χ2v) is 10.2. The average molecular weight is 596 g/mol. The van der Waals surface area contributed by atoms with Crippen molar-refractivity contribution < 1.29 is 23.5 Å². The Morgan fingerprint density at radius 3 is 2.76 bits per heavy atom. The fourth-order valence-corrected chi connectivity index (χ4v) is 4.65. The van der Waals surface area contributed by atoms with Crippen molar-refractivity contribution in [1.29, 1.82) is 0 Å². The Balaban J connectivity index is 1.65. The monoisotopic (exact) mass is 595 g/mol. The SMILES string of the molecule is COC(=O)Nc1ccc2c(c1)NC(=O)[C@@H](C)CCCC(NC(=O)/C(N)=C/N(N)c1cccc(Cl)c1F)c1ccnc-2c1. The number of benzene rings is 2. The minimum absolute atomic E-state index is 0.0566. The number of hydrazine groups is 1. The standard InChI is InChI=1S/C29H31ClFN7O4/c1-16-5-3-7-22(36-28(40)21(32)15-38(33)25-8-4-6-20(30)26(25)31)17-11-12-34-23(13-17)19-10-9-18(35-29(41)42-2)14-24(19)37-27(16)39/h4,6,8-16,22H,3,5,7,32-33H2,1-2H3,(H,35,41)(H,36,40)(H,37,39)/b21-15-/t16-,22?/m0/s1. The molecule has 0 aliphatic carbocycles. The van der Waals surface area contributed by atoms with Gasteiger partial charge in [0.2, 0.25) is 5.91 Å². The van der Waals surface area contributed by atoms with Gasteiger partial charge < -0.3 is 21.1 Å². The van der Waals surface area contributed by atoms with E-state index >= 15 is 0 Å². The van der Waals surface area contributed by atoms with Crippen LogP contribution in [0, 0.1) is 11.7 Å². The Kier molecular flexibility index (Phi) is 9.60. The van der Waals surface area contributed by atoms with Gasteiger partial charge in [-0.25, -0.2) is 15.0 Å². The minimum atomic E-state index is -0.749. The highest BCUT2D eigenvalue weighted by molar-refractivity contribution is 6.31. The Hall–Kier alpha value is -4.68. The Morgan fingerprint density at radius 1 is 1.21 bits per heavy atom. The van der Waals surface area contributed by atoms with Gasteiger partial charge in [0.25, 0.3) is 5.91 Å². The van der Waals surface area contributed by atoms with Crippen molar-refractivity contribution in [1.82, 2.24) is 10.3 Å². The molecule has 1 aliphatic heterocycles. The number of nitrogens with two attached hydrogens (primary N) is 2. The zero-order valence-electron chi connectivity index (χ0n) is 23.0. The first-order valence-electron chi connectivity index (χ1n) is 13.1. The van der Waals surface area contributed by atoms with Crippen molar-refractivity contribution in [2.45, 2.75) is 32.2 Å². The molecule has 2 atom stereocenters. The molecule has 0 radical (unpaired) electrons. The number of ether oxygens (including phenoxy) is 1. The molecule has 1 unspecified atom stereocenters. The highest BCUT2D eigenvalue weighted by atomic mass is 35.5. The fraction of sp³-hybridized carbons (Fsp3) is 0.241. The summed E-state index contributed by atoms with van der Waals surface area (Å²) < 4.78 is 19.1. The maximum absolute atomic E-state index is 14.4. The zero-order chi connectivity index (χ0) is 30.4. The molecule has 1 aromatic heterocycles. The number of aromatic nitrogens is 1. The number of hydrogen-bond acceptors (Lipinski definition) is 8. The number of nitrogens with one attached hydrogen (secondary N) is 3. The van der Waals surface area contributed by atoms with Crippen molar-refractivity contribution in [2.24, 2.45) is 17.5 Å². The molecule has 3 aromatic rings. The Morgan fingerprint density at radius 2 is 2.00 bits per heavy atom. The van der Waals surface area contributed by atoms with Gasteiger partial charge in [0.15, 0.2) is 5.82 Å². The third-order valence-corrected chi connectivity index (χ3v) is 7.10. The number of rotatable bonds is 5. The van der Waals surface area contributed by atoms with E-state index in [-0.39, 0.29) is 28.2 Å². The normalized spacial score (nSPS) is 17.1. The number of carbonyl (C=O) groups is 3. The van der Waals surface area contributed by atoms with Crippen molar-refractivity contribution in [3.05, 3.63) is 83.0 Å². The summed E-state index contributed by atoms with van der Waals surface area (Å²) in [6.45, 7) is 1.81. The lowest BCUT2D eigenvalue weighted by atomic mass is 9.94. The van der Waals surface area contributed by atoms with Crippen molar-refractivity contribution in [3.63, 3.8) is 0 Å². The maximum Gasteiger partial charge on any atom is 0.411 e. The molecule has 2 heterocycles. The van der Waals surface area contributed by atoms with Crippen LogP contribution < -0.4 is 32.5 Å². The molecule has 3 amide bonds. The van der Waals surface area contributed by atoms with E-state index in [0.29, 0.717) is 41.9 Å². The molecule has 13 heteroatoms. The molecule has 42 heavy (non-hydrogen) atoms. The molecule has 1 aliphatic rings. The van der Waals surface area contributed by atoms with Gasteiger partial charge in [-0.3, -0.25) is 24.9 Å². The molecule has 7 N–H and O–H groups in total. The molecule has 0 saturated carbocycles. The van der Waals surface area contributed by atoms with Gasteiger partial charge in [0.05, 0.1) is 41.4 Å². The number of halogens is 2. The van der Waals surface area contributed by atoms with Crippen LogP contribution in [0.15, 0.2) is 66.6 Å². The number of fused-ring (bicyclic) bond motifs is 4. The van der Waals surface area contributed by atoms with Crippen molar-refractivity contribution in [3.8, 4) is 11.3 Å². The second kappa shape index (κ2) is 13.3. The van der Waals surface area contributed by atoms with Crippen LogP contribution in [0.1, 0.15) is 37.8 Å². The number of pyridine rings is 1. The summed E-state index contributed by atoms with van der Waals surface area (Å²) in [5.41, 5.74) is 8.52. The lowest BCUT2D eigenvalue weighted by Crippen LogP contribution is -2.35. The highest BCUT2D eigenvalue weighted by Crippen LogP contribution is 2.33. The summed E-state index contributed by atoms with van der Waals surface area (Å²) in [5, 5.41) is 9.24. The van der Waals surface area contributed by atoms with Crippen molar-refractivity contribution >= 4 is 46.6 Å². The predicted octanol–water partition coefficient (Wildman–Crippen LogP) is 4.82. The summed E-state index contributed by atoms with van der Waals surface area (Å²) >= 11 is 5.84. The summed E-state index contributed by atoms with van der Waals surface area (Å²) in [7, 11) is 1.26. The molecule has 4 rings (SSSR count). The van der Waals surface area contributed by atoms with Gasteiger partial charge in [-0.05, 0) is 60.9 Å². The maximum atomic E-state index is 14.4. The fourth-order valence-electron chi connectivity index (χ4n) is 4.48. The average Bonchev–Trinajstić information content (AvgIpc) is 2.97. The van der Waals surface area contributed by atoms with Crippen LogP contribution in [-0.2, 0) is 14.3 Å². The predicted molar refractivity (Wildman–Crippen MR) is 159 cm³/mol. The van der Waals surface area contributed by atoms with Gasteiger partial charge in [0.1, 0.15) is 5.70 Å². The summed E-state index contributed by atoms with van der Waals surface area (Å²) in [4.78, 5) is 42.4. The van der Waals surface area contributed by atoms with E-state index in [2.05, 4.69) is 25.7 Å². The number of nitrogens with zero attached hydrogens (tertiary/aromatic N) is 2. The highest BCUT2D eigenvalue weighted by Gasteiger charge is 2.23. The zero-order valence-corrected chi connectivity index (χ0v) is 23.7. The largest absolute Gasteiger partial charge is 0.453 e. The van der Waals surface area contributed by atoms with E-state index in [9.17, 15) is 18.8 Å². The van der Waals surface area contributed by atoms with E-state index in [0.717, 1.165) is 16.8 Å². The molecular weight excluding hydrogens is 565 g/mol. The Labute approximate surface area is 247 Å². The smallest absolute Gasteiger partial charge is 0.411 e. The first-order chi connectivity index (χ1) is 20.1. The van der Waals surface area contributed by atoms with Gasteiger partial charge in [0, 0.05) is 23.4 Å². The van der Waals surface area contributed by atoms with E-state index in [1.165, 1.54) is 25.3 Å². The van der Waals surface area contributed by atoms with Gasteiger partial charge in [-0.2, -0.15) is 0 Å². The summed E-state index contributed by atoms with van der Waals surface area (Å²) in [6, 6.07) is 12.4. The molecule has 220 valence electrons. The first-order valence-corrected chi connectivity index (χ1v) is 13.5. The minimum Gasteiger partial charge on any atom is -0.453 e. The number of amides is 3. The third kappa shape index (κ3) is 7.14. The number of carbonyl (C=O) groups excluding carboxylic acids is 3. The quantitative estimate of drug-likeness (QED) is 0.159. The summed E-state index contributed by atoms with van der Waals surface area (Å²) in [6.07, 6.45) is 3.72. The number of methoxy groups -OCH3 is 1. The van der Waals surface area contributed by atoms with E-state index in [1.54, 1.807) is 30.5 Å². The van der Waals surface area contributed by atoms with Crippen LogP contribution in [0.5, 0.6) is 0 Å². The second-order valence-electron chi connectivity index (χ2n) is 9.76. The third-order valence-electron chi connectivity index (χ3n) is 6.80. The van der Waals surface area contributed by atoms with Crippen LogP contribution in [0.2, 0.25) is 5.02 Å². The molecular formula is C29H31ClFN7O4. The first kappa shape index (κ1) is 30.3. The van der Waals surface area contributed by atoms with Gasteiger partial charge in [-0.1, -0.05) is 31.0 Å². The van der Waals surface area contributed by atoms with Crippen LogP contribution in [0.25, 0.3) is 11.3 Å². The van der Waals surface area contributed by atoms with E-state index in [1.807, 2.05) is 13.0 Å². The van der Waals surface area contributed by atoms with Crippen LogP contribution >= 0.6 is 11.6 Å². The molecule has 2 bridgehead atoms. The topological polar surface area (TPSA) is 165 Å². The van der Waals surface area contributed by atoms with E-state index in [4.69, 9.17) is 23.2 Å². The lowest BCUT2D eigenvalue weighted by Gasteiger charge is -2.23. The Bertz CT molecular complexity index is 1530. The van der Waals surface area contributed by atoms with Gasteiger partial charge >= 0.3 is 6.09 Å². The van der Waals surface area contributed by atoms with Crippen LogP contribution in [0.4, 0.5) is 26.2 Å². The van der Waals surface area contributed by atoms with Gasteiger partial charge in [-0.15, -0.1) is 0 Å². The molecule has 11 nitrogen and oxygen atoms in total. The molecule has 0 spiro atoms. The molecule has 0 fully saturated rings. The molecule has 2 aromatic carbocycles. The van der Waals surface area contributed by atoms with Crippen molar-refractivity contribution in [2.75, 3.05) is 22.8 Å². The van der Waals surface area contributed by atoms with Crippen LogP contribution in [-0.4, -0.2) is 30.0 Å². The van der Waals surface area contributed by atoms with Crippen LogP contribution in [0.3, 0.4) is 0 Å². The van der Waals surface area contributed by atoms with E-state index < -0.39 is 23.9 Å². The number of anilines is 3.